The van der Waals surface area contributed by atoms with Gasteiger partial charge in [-0.1, -0.05) is 0 Å². The number of carboxylic acid groups (broad SMARTS) is 1. The van der Waals surface area contributed by atoms with E-state index >= 15 is 0 Å². The molecule has 37 heavy (non-hydrogen) atoms. The maximum absolute atomic E-state index is 14.3. The summed E-state index contributed by atoms with van der Waals surface area (Å²) in [4.78, 5) is 20.8. The van der Waals surface area contributed by atoms with Crippen LogP contribution in [0.25, 0.3) is 33.5 Å². The second kappa shape index (κ2) is 9.05. The molecule has 4 heterocycles. The van der Waals surface area contributed by atoms with Gasteiger partial charge in [0.15, 0.2) is 5.82 Å². The van der Waals surface area contributed by atoms with Gasteiger partial charge in [0.1, 0.15) is 24.0 Å². The van der Waals surface area contributed by atoms with Crippen LogP contribution in [0.3, 0.4) is 0 Å². The normalized spacial score (nSPS) is 24.1. The lowest BCUT2D eigenvalue weighted by Gasteiger charge is -2.21. The molecule has 0 unspecified atom stereocenters. The topological polar surface area (TPSA) is 86.2 Å². The molecule has 194 valence electrons. The fourth-order valence-electron chi connectivity index (χ4n) is 5.76. The minimum atomic E-state index is -1.28. The third-order valence-electron chi connectivity index (χ3n) is 7.42. The number of likely N-dealkylation sites (tertiary alicyclic amines) is 1. The Bertz CT molecular complexity index is 1500. The van der Waals surface area contributed by atoms with Gasteiger partial charge in [0.05, 0.1) is 23.3 Å². The lowest BCUT2D eigenvalue weighted by molar-refractivity contribution is 0.138. The maximum Gasteiger partial charge on any atom is 0.407 e. The van der Waals surface area contributed by atoms with Crippen molar-refractivity contribution in [1.82, 2.24) is 24.8 Å². The van der Waals surface area contributed by atoms with Crippen LogP contribution in [0.1, 0.15) is 18.4 Å². The number of hydrogen-bond donors (Lipinski definition) is 3. The van der Waals surface area contributed by atoms with Gasteiger partial charge in [-0.2, -0.15) is 0 Å². The summed E-state index contributed by atoms with van der Waals surface area (Å²) in [7, 11) is 0. The average molecular weight is 516 g/mol. The number of nitrogens with one attached hydrogen (secondary N) is 2. The van der Waals surface area contributed by atoms with Crippen LogP contribution in [0.5, 0.6) is 0 Å². The van der Waals surface area contributed by atoms with E-state index in [0.717, 1.165) is 4.90 Å². The molecule has 0 radical (unpaired) electrons. The van der Waals surface area contributed by atoms with Crippen molar-refractivity contribution in [2.75, 3.05) is 13.1 Å². The summed E-state index contributed by atoms with van der Waals surface area (Å²) >= 11 is 0. The minimum absolute atomic E-state index is 0.0467. The number of halogens is 4. The first-order valence-corrected chi connectivity index (χ1v) is 12.2. The van der Waals surface area contributed by atoms with Crippen LogP contribution >= 0.6 is 0 Å². The highest BCUT2D eigenvalue weighted by Gasteiger charge is 2.37. The van der Waals surface area contributed by atoms with Gasteiger partial charge in [0.2, 0.25) is 0 Å². The molecule has 2 aliphatic heterocycles. The summed E-state index contributed by atoms with van der Waals surface area (Å²) < 4.78 is 58.3. The lowest BCUT2D eigenvalue weighted by atomic mass is 10.00. The number of imidazole rings is 1. The van der Waals surface area contributed by atoms with E-state index < -0.39 is 36.1 Å². The summed E-state index contributed by atoms with van der Waals surface area (Å²) in [5.74, 6) is -0.473. The summed E-state index contributed by atoms with van der Waals surface area (Å²) in [6.07, 6.45) is -2.90. The van der Waals surface area contributed by atoms with E-state index in [-0.39, 0.29) is 32.0 Å². The van der Waals surface area contributed by atoms with E-state index in [1.807, 2.05) is 4.57 Å². The molecule has 11 heteroatoms. The van der Waals surface area contributed by atoms with Crippen LogP contribution in [0.2, 0.25) is 0 Å². The summed E-state index contributed by atoms with van der Waals surface area (Å²) in [6.45, 7) is 0.398. The number of fused-ring (bicyclic) bond motifs is 2. The molecule has 0 saturated carbocycles. The zero-order valence-electron chi connectivity index (χ0n) is 19.7. The minimum Gasteiger partial charge on any atom is -0.465 e. The third-order valence-corrected chi connectivity index (χ3v) is 7.42. The standard InChI is InChI=1S/C26H25F4N5O2/c27-13-1-3-19-20(9-18-6-16(30)11-34(18)26(36)37)24(32-21(19)7-13)25-33-22-8-14(28)2-4-23(22)35(25)12-17-5-15(29)10-31-17/h1-4,7-8,15-18,31-32H,5-6,9-12H2,(H,36,37)/t15-,16-,17-,18-/m0/s1. The van der Waals surface area contributed by atoms with Crippen LogP contribution in [0, 0.1) is 11.6 Å². The van der Waals surface area contributed by atoms with Crippen molar-refractivity contribution in [1.29, 1.82) is 0 Å². The molecule has 3 N–H and O–H groups in total. The molecule has 2 fully saturated rings. The van der Waals surface area contributed by atoms with Crippen molar-refractivity contribution in [2.24, 2.45) is 0 Å². The van der Waals surface area contributed by atoms with E-state index in [9.17, 15) is 27.5 Å². The van der Waals surface area contributed by atoms with Gasteiger partial charge in [0.25, 0.3) is 0 Å². The van der Waals surface area contributed by atoms with Gasteiger partial charge in [-0.3, -0.25) is 0 Å². The largest absolute Gasteiger partial charge is 0.465 e. The van der Waals surface area contributed by atoms with Gasteiger partial charge in [-0.15, -0.1) is 0 Å². The summed E-state index contributed by atoms with van der Waals surface area (Å²) in [5.41, 5.74) is 2.71. The molecule has 1 amide bonds. The average Bonchev–Trinajstić information content (AvgIpc) is 3.59. The van der Waals surface area contributed by atoms with E-state index in [0.29, 0.717) is 52.0 Å². The van der Waals surface area contributed by atoms with Crippen molar-refractivity contribution >= 4 is 28.0 Å². The fourth-order valence-corrected chi connectivity index (χ4v) is 5.76. The second-order valence-corrected chi connectivity index (χ2v) is 9.91. The molecule has 6 rings (SSSR count). The van der Waals surface area contributed by atoms with E-state index in [1.54, 1.807) is 12.1 Å². The molecule has 4 aromatic rings. The van der Waals surface area contributed by atoms with Crippen LogP contribution in [-0.4, -0.2) is 68.2 Å². The fraction of sp³-hybridized carbons (Fsp3) is 0.385. The molecular formula is C26H25F4N5O2. The number of aromatic nitrogens is 3. The highest BCUT2D eigenvalue weighted by molar-refractivity contribution is 5.91. The summed E-state index contributed by atoms with van der Waals surface area (Å²) in [5, 5.41) is 13.4. The number of alkyl halides is 2. The zero-order valence-corrected chi connectivity index (χ0v) is 19.7. The molecule has 4 atom stereocenters. The van der Waals surface area contributed by atoms with Gasteiger partial charge in [0, 0.05) is 48.6 Å². The van der Waals surface area contributed by atoms with Gasteiger partial charge >= 0.3 is 6.09 Å². The molecule has 2 saturated heterocycles. The first kappa shape index (κ1) is 23.8. The van der Waals surface area contributed by atoms with E-state index in [4.69, 9.17) is 4.98 Å². The Morgan fingerprint density at radius 3 is 2.62 bits per heavy atom. The third kappa shape index (κ3) is 4.30. The number of rotatable bonds is 5. The van der Waals surface area contributed by atoms with Crippen molar-refractivity contribution in [3.63, 3.8) is 0 Å². The zero-order chi connectivity index (χ0) is 25.8. The first-order chi connectivity index (χ1) is 17.8. The Labute approximate surface area is 209 Å². The lowest BCUT2D eigenvalue weighted by Crippen LogP contribution is -2.36. The number of hydrogen-bond acceptors (Lipinski definition) is 3. The van der Waals surface area contributed by atoms with Gasteiger partial charge < -0.3 is 24.9 Å². The number of amides is 1. The smallest absolute Gasteiger partial charge is 0.407 e. The SMILES string of the molecule is O=C(O)N1C[C@@H](F)C[C@H]1Cc1c(-c2nc3cc(F)ccc3n2C[C@@H]2C[C@H](F)CN2)[nH]c2cc(F)ccc12. The Balaban J connectivity index is 1.51. The van der Waals surface area contributed by atoms with E-state index in [1.165, 1.54) is 24.3 Å². The van der Waals surface area contributed by atoms with Crippen LogP contribution in [0.4, 0.5) is 22.4 Å². The van der Waals surface area contributed by atoms with Crippen molar-refractivity contribution in [3.05, 3.63) is 53.6 Å². The predicted molar refractivity (Wildman–Crippen MR) is 130 cm³/mol. The number of H-pyrrole nitrogens is 1. The molecular weight excluding hydrogens is 490 g/mol. The molecule has 2 aliphatic rings. The Morgan fingerprint density at radius 2 is 1.86 bits per heavy atom. The van der Waals surface area contributed by atoms with Crippen molar-refractivity contribution < 1.29 is 27.5 Å². The van der Waals surface area contributed by atoms with Gasteiger partial charge in [-0.25, -0.2) is 27.3 Å². The number of aromatic amines is 1. The Morgan fingerprint density at radius 1 is 1.08 bits per heavy atom. The Hall–Kier alpha value is -3.60. The van der Waals surface area contributed by atoms with Gasteiger partial charge in [-0.05, 0) is 48.7 Å². The molecule has 0 bridgehead atoms. The Kier molecular flexibility index (Phi) is 5.82. The number of nitrogens with zero attached hydrogens (tertiary/aromatic N) is 3. The highest BCUT2D eigenvalue weighted by atomic mass is 19.1. The van der Waals surface area contributed by atoms with Crippen LogP contribution < -0.4 is 5.32 Å². The monoisotopic (exact) mass is 515 g/mol. The quantitative estimate of drug-likeness (QED) is 0.334. The molecule has 0 aliphatic carbocycles. The first-order valence-electron chi connectivity index (χ1n) is 12.2. The summed E-state index contributed by atoms with van der Waals surface area (Å²) in [6, 6.07) is 7.72. The maximum atomic E-state index is 14.3. The van der Waals surface area contributed by atoms with Crippen LogP contribution in [0.15, 0.2) is 36.4 Å². The number of benzene rings is 2. The predicted octanol–water partition coefficient (Wildman–Crippen LogP) is 4.80. The molecule has 7 nitrogen and oxygen atoms in total. The van der Waals surface area contributed by atoms with Crippen molar-refractivity contribution in [3.8, 4) is 11.5 Å². The number of carbonyl (C=O) groups is 1. The molecule has 0 spiro atoms. The molecule has 2 aromatic heterocycles. The molecule has 2 aromatic carbocycles. The van der Waals surface area contributed by atoms with Crippen molar-refractivity contribution in [2.45, 2.75) is 50.2 Å². The van der Waals surface area contributed by atoms with E-state index in [2.05, 4.69) is 10.3 Å². The van der Waals surface area contributed by atoms with Crippen LogP contribution in [-0.2, 0) is 13.0 Å². The highest BCUT2D eigenvalue weighted by Crippen LogP contribution is 2.36. The second-order valence-electron chi connectivity index (χ2n) is 9.91.